The number of thiophene rings is 1. The molecule has 0 saturated heterocycles. The molecule has 0 atom stereocenters. The molecule has 1 amide bonds. The van der Waals surface area contributed by atoms with Gasteiger partial charge in [-0.15, -0.1) is 11.3 Å². The van der Waals surface area contributed by atoms with E-state index in [1.807, 2.05) is 41.9 Å². The van der Waals surface area contributed by atoms with E-state index in [4.69, 9.17) is 10.7 Å². The number of imidazole rings is 1. The van der Waals surface area contributed by atoms with Gasteiger partial charge in [0.15, 0.2) is 0 Å². The fraction of sp³-hybridized carbons (Fsp3) is 0.100. The number of amides is 1. The third-order valence-electron chi connectivity index (χ3n) is 7.29. The summed E-state index contributed by atoms with van der Waals surface area (Å²) in [4.78, 5) is 31.0. The Morgan fingerprint density at radius 3 is 2.80 bits per heavy atom. The highest BCUT2D eigenvalue weighted by Crippen LogP contribution is 2.35. The summed E-state index contributed by atoms with van der Waals surface area (Å²) in [6.07, 6.45) is 1.75. The molecule has 0 aliphatic heterocycles. The van der Waals surface area contributed by atoms with Gasteiger partial charge in [-0.2, -0.15) is 10.1 Å². The average Bonchev–Trinajstić information content (AvgIpc) is 3.66. The second kappa shape index (κ2) is 9.42. The van der Waals surface area contributed by atoms with Crippen molar-refractivity contribution in [3.05, 3.63) is 84.2 Å². The van der Waals surface area contributed by atoms with Crippen molar-refractivity contribution in [2.75, 3.05) is 17.3 Å². The van der Waals surface area contributed by atoms with Gasteiger partial charge in [0.2, 0.25) is 5.95 Å². The number of hydrogen-bond acceptors (Lipinski definition) is 8. The van der Waals surface area contributed by atoms with Gasteiger partial charge in [0.25, 0.3) is 5.91 Å². The minimum Gasteiger partial charge on any atom is -0.366 e. The Balaban J connectivity index is 1.15. The predicted molar refractivity (Wildman–Crippen MR) is 164 cm³/mol. The number of primary amides is 1. The number of nitrogens with two attached hydrogens (primary N) is 1. The van der Waals surface area contributed by atoms with Gasteiger partial charge >= 0.3 is 0 Å². The van der Waals surface area contributed by atoms with Crippen molar-refractivity contribution in [1.82, 2.24) is 29.7 Å². The van der Waals surface area contributed by atoms with Crippen molar-refractivity contribution in [2.24, 2.45) is 12.8 Å². The van der Waals surface area contributed by atoms with Crippen LogP contribution in [0.1, 0.15) is 16.1 Å². The number of aromatic amines is 1. The van der Waals surface area contributed by atoms with Crippen LogP contribution in [0.15, 0.2) is 72.9 Å². The highest BCUT2D eigenvalue weighted by atomic mass is 32.1. The third-order valence-corrected chi connectivity index (χ3v) is 8.32. The Bertz CT molecular complexity index is 2120. The van der Waals surface area contributed by atoms with E-state index in [0.29, 0.717) is 22.9 Å². The molecule has 0 aliphatic carbocycles. The molecule has 0 unspecified atom stereocenters. The van der Waals surface area contributed by atoms with Crippen LogP contribution in [0.2, 0.25) is 0 Å². The Morgan fingerprint density at radius 2 is 1.95 bits per heavy atom. The molecule has 4 N–H and O–H groups in total. The molecule has 41 heavy (non-hydrogen) atoms. The summed E-state index contributed by atoms with van der Waals surface area (Å²) in [6.45, 7) is 2.07. The van der Waals surface area contributed by atoms with Crippen LogP contribution in [-0.4, -0.2) is 42.7 Å². The molecule has 0 bridgehead atoms. The summed E-state index contributed by atoms with van der Waals surface area (Å²) in [6, 6.07) is 21.7. The van der Waals surface area contributed by atoms with Crippen LogP contribution < -0.4 is 16.0 Å². The molecule has 0 radical (unpaired) electrons. The normalized spacial score (nSPS) is 11.5. The fourth-order valence-corrected chi connectivity index (χ4v) is 5.92. The van der Waals surface area contributed by atoms with Crippen molar-refractivity contribution in [2.45, 2.75) is 6.92 Å². The minimum atomic E-state index is -0.500. The van der Waals surface area contributed by atoms with E-state index in [9.17, 15) is 4.79 Å². The number of nitrogens with zero attached hydrogens (tertiary/aromatic N) is 6. The van der Waals surface area contributed by atoms with Gasteiger partial charge in [-0.25, -0.2) is 9.97 Å². The van der Waals surface area contributed by atoms with Crippen LogP contribution in [0.3, 0.4) is 0 Å². The number of anilines is 4. The molecule has 3 aromatic carbocycles. The van der Waals surface area contributed by atoms with E-state index < -0.39 is 5.91 Å². The van der Waals surface area contributed by atoms with Crippen LogP contribution in [0.5, 0.6) is 0 Å². The first-order valence-electron chi connectivity index (χ1n) is 12.9. The first kappa shape index (κ1) is 24.7. The van der Waals surface area contributed by atoms with Crippen molar-refractivity contribution in [3.63, 3.8) is 0 Å². The van der Waals surface area contributed by atoms with Crippen LogP contribution in [-0.2, 0) is 7.05 Å². The van der Waals surface area contributed by atoms with Crippen LogP contribution >= 0.6 is 11.3 Å². The number of para-hydroxylation sites is 1. The van der Waals surface area contributed by atoms with Crippen molar-refractivity contribution >= 4 is 71.7 Å². The van der Waals surface area contributed by atoms with Gasteiger partial charge in [0.1, 0.15) is 17.2 Å². The van der Waals surface area contributed by atoms with Gasteiger partial charge in [0.05, 0.1) is 21.6 Å². The second-order valence-corrected chi connectivity index (χ2v) is 10.9. The highest BCUT2D eigenvalue weighted by molar-refractivity contribution is 7.22. The zero-order chi connectivity index (χ0) is 28.2. The SMILES string of the molecule is Cc1c2ccc(N(C)c3ccnc(Nc4cc5cc(-c6nc7c(C(N)=O)cccc7[nH]6)ccc5s4)n3)cc2nn1C. The number of aryl methyl sites for hydroxylation is 2. The molecule has 7 aromatic rings. The molecule has 4 aromatic heterocycles. The minimum absolute atomic E-state index is 0.397. The van der Waals surface area contributed by atoms with Crippen LogP contribution in [0, 0.1) is 6.92 Å². The number of carbonyl (C=O) groups excluding carboxylic acids is 1. The molecule has 0 saturated carbocycles. The van der Waals surface area contributed by atoms with Gasteiger partial charge in [-0.1, -0.05) is 6.07 Å². The van der Waals surface area contributed by atoms with Crippen LogP contribution in [0.25, 0.3) is 43.4 Å². The van der Waals surface area contributed by atoms with Gasteiger partial charge in [-0.3, -0.25) is 9.48 Å². The van der Waals surface area contributed by atoms with Gasteiger partial charge < -0.3 is 20.9 Å². The van der Waals surface area contributed by atoms with Gasteiger partial charge in [-0.05, 0) is 73.0 Å². The molecular formula is C30H25N9OS. The number of rotatable bonds is 6. The third kappa shape index (κ3) is 4.32. The van der Waals surface area contributed by atoms with Crippen molar-refractivity contribution in [1.29, 1.82) is 0 Å². The molecule has 7 rings (SSSR count). The lowest BCUT2D eigenvalue weighted by Crippen LogP contribution is -2.12. The molecular weight excluding hydrogens is 534 g/mol. The average molecular weight is 560 g/mol. The van der Waals surface area contributed by atoms with Crippen molar-refractivity contribution in [3.8, 4) is 11.4 Å². The summed E-state index contributed by atoms with van der Waals surface area (Å²) in [5, 5.41) is 11.1. The number of H-pyrrole nitrogens is 1. The maximum absolute atomic E-state index is 11.8. The molecule has 11 heteroatoms. The number of carbonyl (C=O) groups is 1. The number of benzene rings is 3. The standard InChI is InChI=1S/C30H25N9OS/c1-16-20-9-8-19(15-23(20)37-39(16)3)38(2)25-11-12-32-30(34-25)35-26-14-18-13-17(7-10-24(18)41-26)29-33-22-6-4-5-21(28(31)40)27(22)36-29/h4-15H,1-3H3,(H2,31,40)(H,33,36)(H,32,34,35). The number of hydrogen-bond donors (Lipinski definition) is 3. The summed E-state index contributed by atoms with van der Waals surface area (Å²) < 4.78 is 3.00. The lowest BCUT2D eigenvalue weighted by atomic mass is 10.1. The molecule has 4 heterocycles. The maximum atomic E-state index is 11.8. The lowest BCUT2D eigenvalue weighted by molar-refractivity contribution is 0.100. The number of aromatic nitrogens is 6. The monoisotopic (exact) mass is 559 g/mol. The Kier molecular flexibility index (Phi) is 5.68. The summed E-state index contributed by atoms with van der Waals surface area (Å²) in [7, 11) is 3.93. The predicted octanol–water partition coefficient (Wildman–Crippen LogP) is 6.04. The Hall–Kier alpha value is -5.29. The lowest BCUT2D eigenvalue weighted by Gasteiger charge is -2.18. The summed E-state index contributed by atoms with van der Waals surface area (Å²) in [5.74, 6) is 1.44. The summed E-state index contributed by atoms with van der Waals surface area (Å²) >= 11 is 1.62. The largest absolute Gasteiger partial charge is 0.366 e. The molecule has 0 aliphatic rings. The first-order valence-corrected chi connectivity index (χ1v) is 13.8. The van der Waals surface area contributed by atoms with E-state index in [0.717, 1.165) is 54.3 Å². The fourth-order valence-electron chi connectivity index (χ4n) is 4.99. The van der Waals surface area contributed by atoms with E-state index >= 15 is 0 Å². The summed E-state index contributed by atoms with van der Waals surface area (Å²) in [5.41, 5.74) is 11.2. The van der Waals surface area contributed by atoms with E-state index in [1.54, 1.807) is 29.7 Å². The quantitative estimate of drug-likeness (QED) is 0.226. The number of fused-ring (bicyclic) bond motifs is 3. The zero-order valence-electron chi connectivity index (χ0n) is 22.5. The molecule has 10 nitrogen and oxygen atoms in total. The van der Waals surface area contributed by atoms with E-state index in [2.05, 4.69) is 68.7 Å². The molecule has 202 valence electrons. The maximum Gasteiger partial charge on any atom is 0.250 e. The topological polar surface area (TPSA) is 131 Å². The van der Waals surface area contributed by atoms with E-state index in [1.165, 1.54) is 0 Å². The Labute approximate surface area is 238 Å². The smallest absolute Gasteiger partial charge is 0.250 e. The Morgan fingerprint density at radius 1 is 1.07 bits per heavy atom. The van der Waals surface area contributed by atoms with Gasteiger partial charge in [0, 0.05) is 47.3 Å². The number of nitrogens with one attached hydrogen (secondary N) is 2. The highest BCUT2D eigenvalue weighted by Gasteiger charge is 2.14. The molecule has 0 spiro atoms. The zero-order valence-corrected chi connectivity index (χ0v) is 23.3. The first-order chi connectivity index (χ1) is 19.8. The van der Waals surface area contributed by atoms with E-state index in [-0.39, 0.29) is 0 Å². The second-order valence-electron chi connectivity index (χ2n) is 9.85. The van der Waals surface area contributed by atoms with Crippen LogP contribution in [0.4, 0.5) is 22.5 Å². The van der Waals surface area contributed by atoms with Crippen molar-refractivity contribution < 1.29 is 4.79 Å². The molecule has 0 fully saturated rings.